The molecule has 6 heteroatoms. The number of aromatic nitrogens is 4. The van der Waals surface area contributed by atoms with Gasteiger partial charge in [-0.05, 0) is 13.0 Å². The van der Waals surface area contributed by atoms with Crippen molar-refractivity contribution >= 4 is 11.6 Å². The molecule has 17 heavy (non-hydrogen) atoms. The molecule has 0 bridgehead atoms. The lowest BCUT2D eigenvalue weighted by Gasteiger charge is -2.15. The van der Waals surface area contributed by atoms with E-state index >= 15 is 0 Å². The van der Waals surface area contributed by atoms with Crippen LogP contribution in [0.25, 0.3) is 0 Å². The van der Waals surface area contributed by atoms with Gasteiger partial charge in [0.2, 0.25) is 0 Å². The molecular formula is C11H13N5O. The Morgan fingerprint density at radius 1 is 1.35 bits per heavy atom. The van der Waals surface area contributed by atoms with Crippen LogP contribution < -0.4 is 4.90 Å². The maximum atomic E-state index is 12.2. The highest BCUT2D eigenvalue weighted by Crippen LogP contribution is 2.14. The zero-order valence-electron chi connectivity index (χ0n) is 9.95. The van der Waals surface area contributed by atoms with Crippen molar-refractivity contribution in [2.24, 2.45) is 7.05 Å². The minimum Gasteiger partial charge on any atom is -0.310 e. The first-order chi connectivity index (χ1) is 8.11. The first kappa shape index (κ1) is 11.3. The molecule has 2 heterocycles. The minimum absolute atomic E-state index is 0.108. The van der Waals surface area contributed by atoms with E-state index in [2.05, 4.69) is 15.3 Å². The predicted molar refractivity (Wildman–Crippen MR) is 62.7 cm³/mol. The third kappa shape index (κ3) is 2.01. The van der Waals surface area contributed by atoms with Gasteiger partial charge in [-0.15, -0.1) is 0 Å². The van der Waals surface area contributed by atoms with E-state index in [9.17, 15) is 4.79 Å². The summed E-state index contributed by atoms with van der Waals surface area (Å²) in [6.45, 7) is 1.86. The van der Waals surface area contributed by atoms with Gasteiger partial charge >= 0.3 is 0 Å². The summed E-state index contributed by atoms with van der Waals surface area (Å²) in [5, 5.41) is 11.5. The lowest BCUT2D eigenvalue weighted by atomic mass is 10.2. The Labute approximate surface area is 98.9 Å². The fourth-order valence-corrected chi connectivity index (χ4v) is 1.49. The fourth-order valence-electron chi connectivity index (χ4n) is 1.49. The molecule has 2 aromatic heterocycles. The number of aryl methyl sites for hydroxylation is 1. The van der Waals surface area contributed by atoms with Crippen molar-refractivity contribution in [1.29, 1.82) is 0 Å². The van der Waals surface area contributed by atoms with Crippen molar-refractivity contribution in [2.75, 3.05) is 11.9 Å². The molecule has 0 fully saturated rings. The summed E-state index contributed by atoms with van der Waals surface area (Å²) < 4.78 is 1.67. The number of rotatable bonds is 2. The first-order valence-corrected chi connectivity index (χ1v) is 5.14. The van der Waals surface area contributed by atoms with Crippen molar-refractivity contribution in [2.45, 2.75) is 6.92 Å². The second-order valence-electron chi connectivity index (χ2n) is 3.73. The number of anilines is 1. The van der Waals surface area contributed by atoms with Gasteiger partial charge in [0.05, 0.1) is 29.8 Å². The molecule has 0 radical (unpaired) electrons. The summed E-state index contributed by atoms with van der Waals surface area (Å²) in [6, 6.07) is 1.73. The summed E-state index contributed by atoms with van der Waals surface area (Å²) in [4.78, 5) is 13.7. The average molecular weight is 231 g/mol. The lowest BCUT2D eigenvalue weighted by molar-refractivity contribution is 0.0992. The predicted octanol–water partition coefficient (Wildman–Crippen LogP) is 0.795. The molecule has 88 valence electrons. The Kier molecular flexibility index (Phi) is 2.86. The standard InChI is InChI=1S/C11H13N5O/c1-8-10(7-14-16(8)3)11(17)15(2)9-4-5-12-13-6-9/h4-7H,1-3H3. The Morgan fingerprint density at radius 2 is 2.12 bits per heavy atom. The Hall–Kier alpha value is -2.24. The minimum atomic E-state index is -0.108. The van der Waals surface area contributed by atoms with Crippen LogP contribution in [-0.4, -0.2) is 32.9 Å². The normalized spacial score (nSPS) is 10.3. The summed E-state index contributed by atoms with van der Waals surface area (Å²) in [5.74, 6) is -0.108. The highest BCUT2D eigenvalue weighted by atomic mass is 16.2. The monoisotopic (exact) mass is 231 g/mol. The van der Waals surface area contributed by atoms with Crippen LogP contribution in [0.4, 0.5) is 5.69 Å². The molecule has 0 saturated carbocycles. The summed E-state index contributed by atoms with van der Waals surface area (Å²) >= 11 is 0. The zero-order valence-corrected chi connectivity index (χ0v) is 9.95. The molecule has 0 aromatic carbocycles. The summed E-state index contributed by atoms with van der Waals surface area (Å²) in [6.07, 6.45) is 4.67. The number of amides is 1. The molecule has 0 spiro atoms. The summed E-state index contributed by atoms with van der Waals surface area (Å²) in [5.41, 5.74) is 2.13. The third-order valence-corrected chi connectivity index (χ3v) is 2.73. The van der Waals surface area contributed by atoms with Crippen LogP contribution in [0.2, 0.25) is 0 Å². The highest BCUT2D eigenvalue weighted by Gasteiger charge is 2.18. The van der Waals surface area contributed by atoms with Gasteiger partial charge in [-0.1, -0.05) is 0 Å². The number of nitrogens with zero attached hydrogens (tertiary/aromatic N) is 5. The molecule has 0 aliphatic carbocycles. The third-order valence-electron chi connectivity index (χ3n) is 2.73. The quantitative estimate of drug-likeness (QED) is 0.766. The van der Waals surface area contributed by atoms with Crippen LogP contribution >= 0.6 is 0 Å². The van der Waals surface area contributed by atoms with Gasteiger partial charge in [0, 0.05) is 19.8 Å². The van der Waals surface area contributed by atoms with Gasteiger partial charge in [0.1, 0.15) is 0 Å². The van der Waals surface area contributed by atoms with Crippen LogP contribution in [0.3, 0.4) is 0 Å². The van der Waals surface area contributed by atoms with Crippen LogP contribution in [0, 0.1) is 6.92 Å². The van der Waals surface area contributed by atoms with Crippen molar-refractivity contribution in [3.63, 3.8) is 0 Å². The van der Waals surface area contributed by atoms with E-state index < -0.39 is 0 Å². The van der Waals surface area contributed by atoms with Gasteiger partial charge in [0.15, 0.2) is 0 Å². The molecular weight excluding hydrogens is 218 g/mol. The Balaban J connectivity index is 2.30. The molecule has 2 rings (SSSR count). The smallest absolute Gasteiger partial charge is 0.261 e. The van der Waals surface area contributed by atoms with E-state index in [-0.39, 0.29) is 5.91 Å². The number of carbonyl (C=O) groups excluding carboxylic acids is 1. The van der Waals surface area contributed by atoms with Crippen molar-refractivity contribution in [1.82, 2.24) is 20.0 Å². The van der Waals surface area contributed by atoms with E-state index in [1.165, 1.54) is 4.90 Å². The molecule has 0 N–H and O–H groups in total. The molecule has 1 amide bonds. The SMILES string of the molecule is Cc1c(C(=O)N(C)c2ccnnc2)cnn1C. The maximum Gasteiger partial charge on any atom is 0.261 e. The first-order valence-electron chi connectivity index (χ1n) is 5.14. The maximum absolute atomic E-state index is 12.2. The second kappa shape index (κ2) is 4.32. The van der Waals surface area contributed by atoms with E-state index in [0.717, 1.165) is 5.69 Å². The van der Waals surface area contributed by atoms with Crippen LogP contribution in [0.5, 0.6) is 0 Å². The summed E-state index contributed by atoms with van der Waals surface area (Å²) in [7, 11) is 3.51. The van der Waals surface area contributed by atoms with E-state index in [0.29, 0.717) is 11.3 Å². The molecule has 0 saturated heterocycles. The van der Waals surface area contributed by atoms with E-state index in [1.807, 2.05) is 6.92 Å². The molecule has 2 aromatic rings. The number of hydrogen-bond donors (Lipinski definition) is 0. The topological polar surface area (TPSA) is 63.9 Å². The molecule has 0 aliphatic heterocycles. The zero-order chi connectivity index (χ0) is 12.4. The van der Waals surface area contributed by atoms with Gasteiger partial charge < -0.3 is 4.90 Å². The van der Waals surface area contributed by atoms with Crippen LogP contribution in [0.15, 0.2) is 24.7 Å². The van der Waals surface area contributed by atoms with E-state index in [4.69, 9.17) is 0 Å². The van der Waals surface area contributed by atoms with E-state index in [1.54, 1.807) is 43.4 Å². The van der Waals surface area contributed by atoms with Crippen molar-refractivity contribution in [3.8, 4) is 0 Å². The second-order valence-corrected chi connectivity index (χ2v) is 3.73. The molecule has 0 atom stereocenters. The molecule has 6 nitrogen and oxygen atoms in total. The molecule has 0 unspecified atom stereocenters. The number of hydrogen-bond acceptors (Lipinski definition) is 4. The lowest BCUT2D eigenvalue weighted by Crippen LogP contribution is -2.26. The Bertz CT molecular complexity index is 534. The van der Waals surface area contributed by atoms with Gasteiger partial charge in [-0.25, -0.2) is 0 Å². The highest BCUT2D eigenvalue weighted by molar-refractivity contribution is 6.06. The Morgan fingerprint density at radius 3 is 2.65 bits per heavy atom. The van der Waals surface area contributed by atoms with Gasteiger partial charge in [-0.3, -0.25) is 9.48 Å². The van der Waals surface area contributed by atoms with Gasteiger partial charge in [-0.2, -0.15) is 15.3 Å². The van der Waals surface area contributed by atoms with Gasteiger partial charge in [0.25, 0.3) is 5.91 Å². The van der Waals surface area contributed by atoms with Crippen LogP contribution in [0.1, 0.15) is 16.1 Å². The largest absolute Gasteiger partial charge is 0.310 e. The van der Waals surface area contributed by atoms with Crippen molar-refractivity contribution in [3.05, 3.63) is 35.9 Å². The van der Waals surface area contributed by atoms with Crippen molar-refractivity contribution < 1.29 is 4.79 Å². The molecule has 0 aliphatic rings. The number of carbonyl (C=O) groups is 1. The average Bonchev–Trinajstić information content (AvgIpc) is 2.69. The van der Waals surface area contributed by atoms with Crippen LogP contribution in [-0.2, 0) is 7.05 Å². The fraction of sp³-hybridized carbons (Fsp3) is 0.273.